The molecule has 0 saturated carbocycles. The molecule has 0 unspecified atom stereocenters. The molecule has 42 heavy (non-hydrogen) atoms. The first-order chi connectivity index (χ1) is 19.6. The zero-order valence-electron chi connectivity index (χ0n) is 26.8. The Kier molecular flexibility index (Phi) is 12.8. The molecule has 2 fully saturated rings. The van der Waals surface area contributed by atoms with Crippen molar-refractivity contribution in [1.29, 1.82) is 0 Å². The van der Waals surface area contributed by atoms with E-state index in [1.54, 1.807) is 14.0 Å². The van der Waals surface area contributed by atoms with Crippen LogP contribution in [0.2, 0.25) is 0 Å². The van der Waals surface area contributed by atoms with Crippen molar-refractivity contribution in [1.82, 2.24) is 25.3 Å². The van der Waals surface area contributed by atoms with E-state index in [1.807, 2.05) is 41.5 Å². The molecule has 6 atom stereocenters. The predicted octanol–water partition coefficient (Wildman–Crippen LogP) is 1.32. The first-order valence-electron chi connectivity index (χ1n) is 15.2. The van der Waals surface area contributed by atoms with Gasteiger partial charge in [-0.05, 0) is 43.9 Å². The number of carbonyl (C=O) groups excluding carboxylic acids is 6. The first kappa shape index (κ1) is 35.0. The van der Waals surface area contributed by atoms with E-state index in [1.165, 1.54) is 21.7 Å². The molecule has 0 aromatic heterocycles. The number of nitrogens with one attached hydrogen (secondary N) is 2. The van der Waals surface area contributed by atoms with Crippen LogP contribution >= 0.6 is 0 Å². The maximum Gasteiger partial charge on any atom is 0.308 e. The molecule has 0 spiro atoms. The summed E-state index contributed by atoms with van der Waals surface area (Å²) in [5.41, 5.74) is 0. The van der Waals surface area contributed by atoms with E-state index >= 15 is 0 Å². The number of likely N-dealkylation sites (N-methyl/N-ethyl adjacent to an activating group) is 2. The smallest absolute Gasteiger partial charge is 0.308 e. The summed E-state index contributed by atoms with van der Waals surface area (Å²) in [5, 5.41) is 5.57. The number of hydrogen-bond donors (Lipinski definition) is 2. The number of cyclic esters (lactones) is 1. The summed E-state index contributed by atoms with van der Waals surface area (Å²) in [7, 11) is 3.04. The Hall–Kier alpha value is -3.18. The number of nitrogens with zero attached hydrogens (tertiary/aromatic N) is 3. The fraction of sp³-hybridized carbons (Fsp3) is 0.800. The summed E-state index contributed by atoms with van der Waals surface area (Å²) in [5.74, 6) is -3.36. The van der Waals surface area contributed by atoms with Gasteiger partial charge in [-0.3, -0.25) is 28.8 Å². The van der Waals surface area contributed by atoms with E-state index < -0.39 is 65.8 Å². The van der Waals surface area contributed by atoms with Crippen molar-refractivity contribution in [2.24, 2.45) is 17.8 Å². The van der Waals surface area contributed by atoms with E-state index in [0.717, 1.165) is 0 Å². The number of amides is 5. The van der Waals surface area contributed by atoms with Gasteiger partial charge in [0, 0.05) is 27.2 Å². The highest BCUT2D eigenvalue weighted by atomic mass is 16.5. The van der Waals surface area contributed by atoms with Gasteiger partial charge in [-0.1, -0.05) is 48.0 Å². The van der Waals surface area contributed by atoms with Gasteiger partial charge < -0.3 is 30.1 Å². The molecular weight excluding hydrogens is 542 g/mol. The van der Waals surface area contributed by atoms with E-state index in [2.05, 4.69) is 10.6 Å². The lowest BCUT2D eigenvalue weighted by Crippen LogP contribution is -2.60. The highest BCUT2D eigenvalue weighted by molar-refractivity contribution is 5.96. The number of hydrogen-bond acceptors (Lipinski definition) is 7. The highest BCUT2D eigenvalue weighted by Crippen LogP contribution is 2.24. The third kappa shape index (κ3) is 8.44. The van der Waals surface area contributed by atoms with Gasteiger partial charge in [0.2, 0.25) is 23.6 Å². The minimum absolute atomic E-state index is 0.0358. The van der Waals surface area contributed by atoms with Crippen LogP contribution in [0.5, 0.6) is 0 Å². The molecule has 238 valence electrons. The number of esters is 1. The quantitative estimate of drug-likeness (QED) is 0.457. The summed E-state index contributed by atoms with van der Waals surface area (Å²) in [4.78, 5) is 84.6. The van der Waals surface area contributed by atoms with Crippen molar-refractivity contribution in [3.05, 3.63) is 0 Å². The Labute approximate surface area is 250 Å². The number of fused-ring (bicyclic) bond motifs is 1. The zero-order chi connectivity index (χ0) is 31.9. The third-order valence-electron chi connectivity index (χ3n) is 8.44. The molecule has 2 rings (SSSR count). The van der Waals surface area contributed by atoms with Crippen LogP contribution in [0, 0.1) is 17.8 Å². The van der Waals surface area contributed by atoms with Crippen LogP contribution in [0.4, 0.5) is 0 Å². The molecule has 2 aliphatic heterocycles. The molecular formula is C30H51N5O7. The zero-order valence-corrected chi connectivity index (χ0v) is 26.8. The molecule has 12 nitrogen and oxygen atoms in total. The Bertz CT molecular complexity index is 1020. The summed E-state index contributed by atoms with van der Waals surface area (Å²) in [6.07, 6.45) is 0.636. The molecule has 0 bridgehead atoms. The molecule has 5 amide bonds. The average molecular weight is 594 g/mol. The molecule has 2 saturated heterocycles. The molecule has 12 heteroatoms. The fourth-order valence-electron chi connectivity index (χ4n) is 5.53. The Morgan fingerprint density at radius 2 is 1.55 bits per heavy atom. The van der Waals surface area contributed by atoms with Gasteiger partial charge in [-0.15, -0.1) is 0 Å². The predicted molar refractivity (Wildman–Crippen MR) is 157 cm³/mol. The van der Waals surface area contributed by atoms with Crippen LogP contribution < -0.4 is 10.6 Å². The molecule has 2 heterocycles. The molecule has 0 radical (unpaired) electrons. The van der Waals surface area contributed by atoms with E-state index in [9.17, 15) is 28.8 Å². The maximum atomic E-state index is 13.9. The van der Waals surface area contributed by atoms with Crippen molar-refractivity contribution in [3.63, 3.8) is 0 Å². The van der Waals surface area contributed by atoms with Crippen LogP contribution in [-0.2, 0) is 33.5 Å². The fourth-order valence-corrected chi connectivity index (χ4v) is 5.53. The van der Waals surface area contributed by atoms with Gasteiger partial charge in [-0.2, -0.15) is 0 Å². The van der Waals surface area contributed by atoms with Crippen molar-refractivity contribution in [3.8, 4) is 0 Å². The third-order valence-corrected chi connectivity index (χ3v) is 8.44. The molecule has 0 aromatic rings. The summed E-state index contributed by atoms with van der Waals surface area (Å²) < 4.78 is 5.59. The lowest BCUT2D eigenvalue weighted by atomic mass is 9.94. The Balaban J connectivity index is 2.54. The standard InChI is InChI=1S/C30H51N5O7/c1-10-19(6)24-29(40)34(9)25(18(4)5)30(41)33(8)20(7)26(37)31-14-13-23(36)42-22(16-17(2)3)28(39)35-15-11-12-21(35)27(38)32-24/h17-22,24-25H,10-16H2,1-9H3,(H,31,37)(H,32,38)/t19-,20+,21-,22-,24-,25-/m0/s1. The van der Waals surface area contributed by atoms with Crippen molar-refractivity contribution in [2.75, 3.05) is 27.2 Å². The minimum atomic E-state index is -1.07. The Morgan fingerprint density at radius 1 is 0.905 bits per heavy atom. The van der Waals surface area contributed by atoms with Gasteiger partial charge in [0.1, 0.15) is 24.2 Å². The Morgan fingerprint density at radius 3 is 2.12 bits per heavy atom. The van der Waals surface area contributed by atoms with Crippen LogP contribution in [0.1, 0.15) is 80.6 Å². The second kappa shape index (κ2) is 15.3. The first-order valence-corrected chi connectivity index (χ1v) is 15.2. The number of rotatable bonds is 5. The van der Waals surface area contributed by atoms with Gasteiger partial charge in [0.05, 0.1) is 6.42 Å². The average Bonchev–Trinajstić information content (AvgIpc) is 3.42. The number of carbonyl (C=O) groups is 6. The lowest BCUT2D eigenvalue weighted by molar-refractivity contribution is -0.162. The maximum absolute atomic E-state index is 13.9. The van der Waals surface area contributed by atoms with Crippen molar-refractivity contribution >= 4 is 35.5 Å². The largest absolute Gasteiger partial charge is 0.452 e. The van der Waals surface area contributed by atoms with Crippen LogP contribution in [0.3, 0.4) is 0 Å². The second-order valence-electron chi connectivity index (χ2n) is 12.5. The van der Waals surface area contributed by atoms with Gasteiger partial charge in [0.25, 0.3) is 5.91 Å². The van der Waals surface area contributed by atoms with Crippen molar-refractivity contribution in [2.45, 2.75) is 111 Å². The lowest BCUT2D eigenvalue weighted by Gasteiger charge is -2.38. The van der Waals surface area contributed by atoms with E-state index in [0.29, 0.717) is 25.8 Å². The monoisotopic (exact) mass is 593 g/mol. The van der Waals surface area contributed by atoms with Crippen molar-refractivity contribution < 1.29 is 33.5 Å². The molecule has 0 aromatic carbocycles. The summed E-state index contributed by atoms with van der Waals surface area (Å²) in [6.45, 7) is 13.1. The minimum Gasteiger partial charge on any atom is -0.452 e. The highest BCUT2D eigenvalue weighted by Gasteiger charge is 2.42. The topological polar surface area (TPSA) is 145 Å². The van der Waals surface area contributed by atoms with Crippen LogP contribution in [0.25, 0.3) is 0 Å². The molecule has 0 aliphatic carbocycles. The molecule has 2 aliphatic rings. The number of ether oxygens (including phenoxy) is 1. The van der Waals surface area contributed by atoms with E-state index in [4.69, 9.17) is 4.74 Å². The summed E-state index contributed by atoms with van der Waals surface area (Å²) in [6, 6.07) is -3.52. The summed E-state index contributed by atoms with van der Waals surface area (Å²) >= 11 is 0. The van der Waals surface area contributed by atoms with Crippen LogP contribution in [0.15, 0.2) is 0 Å². The van der Waals surface area contributed by atoms with E-state index in [-0.39, 0.29) is 37.1 Å². The second-order valence-corrected chi connectivity index (χ2v) is 12.5. The van der Waals surface area contributed by atoms with Gasteiger partial charge in [-0.25, -0.2) is 0 Å². The normalized spacial score (nSPS) is 28.6. The van der Waals surface area contributed by atoms with Gasteiger partial charge in [0.15, 0.2) is 6.10 Å². The van der Waals surface area contributed by atoms with Crippen LogP contribution in [-0.4, -0.2) is 108 Å². The SMILES string of the molecule is CC[C@H](C)[C@@H]1NC(=O)[C@@H]2CCCN2C(=O)[C@H](CC(C)C)OC(=O)CCNC(=O)[C@@H](C)N(C)C(=O)[C@H](C(C)C)N(C)C1=O. The molecule has 2 N–H and O–H groups in total. The van der Waals surface area contributed by atoms with Gasteiger partial charge >= 0.3 is 5.97 Å².